The molecule has 0 aliphatic rings. The molecule has 118 valence electrons. The molecule has 0 spiro atoms. The molecule has 2 aromatic carbocycles. The molecule has 0 fully saturated rings. The van der Waals surface area contributed by atoms with Gasteiger partial charge in [-0.25, -0.2) is 0 Å². The van der Waals surface area contributed by atoms with Gasteiger partial charge in [0.2, 0.25) is 0 Å². The first-order valence-corrected chi connectivity index (χ1v) is 8.22. The van der Waals surface area contributed by atoms with E-state index in [0.717, 1.165) is 35.2 Å². The highest BCUT2D eigenvalue weighted by atomic mass is 127. The molecule has 22 heavy (non-hydrogen) atoms. The van der Waals surface area contributed by atoms with E-state index in [4.69, 9.17) is 4.74 Å². The first-order valence-electron chi connectivity index (χ1n) is 6.70. The lowest BCUT2D eigenvalue weighted by Crippen LogP contribution is -2.15. The maximum atomic E-state index is 12.5. The number of hydrogen-bond donors (Lipinski definition) is 1. The molecule has 0 saturated carbocycles. The van der Waals surface area contributed by atoms with Gasteiger partial charge in [-0.05, 0) is 42.0 Å². The Bertz CT molecular complexity index is 582. The van der Waals surface area contributed by atoms with Crippen LogP contribution in [0.2, 0.25) is 0 Å². The largest absolute Gasteiger partial charge is 0.457 e. The van der Waals surface area contributed by atoms with E-state index < -0.39 is 11.7 Å². The minimum atomic E-state index is -4.33. The van der Waals surface area contributed by atoms with Crippen LogP contribution in [-0.4, -0.2) is 11.0 Å². The quantitative estimate of drug-likeness (QED) is 0.402. The van der Waals surface area contributed by atoms with Crippen molar-refractivity contribution >= 4 is 22.6 Å². The zero-order chi connectivity index (χ0) is 16.0. The molecule has 0 aliphatic carbocycles. The minimum Gasteiger partial charge on any atom is -0.457 e. The number of hydrogen-bond acceptors (Lipinski definition) is 2. The second-order valence-electron chi connectivity index (χ2n) is 4.63. The summed E-state index contributed by atoms with van der Waals surface area (Å²) < 4.78 is 44.0. The fourth-order valence-corrected chi connectivity index (χ4v) is 2.20. The van der Waals surface area contributed by atoms with Gasteiger partial charge in [0, 0.05) is 17.5 Å². The van der Waals surface area contributed by atoms with Gasteiger partial charge in [0.25, 0.3) is 0 Å². The number of alkyl halides is 4. The zero-order valence-electron chi connectivity index (χ0n) is 11.7. The maximum absolute atomic E-state index is 12.5. The first-order chi connectivity index (χ1) is 10.5. The van der Waals surface area contributed by atoms with Gasteiger partial charge in [-0.2, -0.15) is 13.2 Å². The average Bonchev–Trinajstić information content (AvgIpc) is 2.49. The predicted octanol–water partition coefficient (Wildman–Crippen LogP) is 5.02. The molecule has 0 aromatic heterocycles. The Labute approximate surface area is 140 Å². The van der Waals surface area contributed by atoms with Crippen LogP contribution in [0.4, 0.5) is 13.2 Å². The third-order valence-electron chi connectivity index (χ3n) is 2.94. The second kappa shape index (κ2) is 7.82. The van der Waals surface area contributed by atoms with Crippen LogP contribution in [0, 0.1) is 0 Å². The highest BCUT2D eigenvalue weighted by Gasteiger charge is 2.30. The standard InChI is InChI=1S/C16H15F3INO/c17-16(18,19)13-3-7-15(8-4-13)22-14-5-1-12(2-6-14)11-21-10-9-20/h1-8,21H,9-11H2. The Morgan fingerprint density at radius 1 is 0.909 bits per heavy atom. The van der Waals surface area contributed by atoms with E-state index in [1.54, 1.807) is 12.1 Å². The fraction of sp³-hybridized carbons (Fsp3) is 0.250. The molecular formula is C16H15F3INO. The van der Waals surface area contributed by atoms with Crippen LogP contribution in [0.3, 0.4) is 0 Å². The minimum absolute atomic E-state index is 0.379. The Morgan fingerprint density at radius 3 is 1.95 bits per heavy atom. The highest BCUT2D eigenvalue weighted by molar-refractivity contribution is 14.1. The summed E-state index contributed by atoms with van der Waals surface area (Å²) in [5.41, 5.74) is 0.446. The lowest BCUT2D eigenvalue weighted by atomic mass is 10.2. The molecule has 0 aliphatic heterocycles. The van der Waals surface area contributed by atoms with Gasteiger partial charge >= 0.3 is 6.18 Å². The van der Waals surface area contributed by atoms with Crippen molar-refractivity contribution in [3.8, 4) is 11.5 Å². The summed E-state index contributed by atoms with van der Waals surface area (Å²) in [5, 5.41) is 3.29. The van der Waals surface area contributed by atoms with E-state index in [-0.39, 0.29) is 0 Å². The van der Waals surface area contributed by atoms with Crippen molar-refractivity contribution in [3.05, 3.63) is 59.7 Å². The Morgan fingerprint density at radius 2 is 1.45 bits per heavy atom. The average molecular weight is 421 g/mol. The summed E-state index contributed by atoms with van der Waals surface area (Å²) in [6.45, 7) is 1.73. The van der Waals surface area contributed by atoms with Crippen LogP contribution in [0.25, 0.3) is 0 Å². The van der Waals surface area contributed by atoms with Gasteiger partial charge < -0.3 is 10.1 Å². The molecule has 0 bridgehead atoms. The molecule has 0 amide bonds. The molecule has 6 heteroatoms. The van der Waals surface area contributed by atoms with E-state index in [1.165, 1.54) is 12.1 Å². The van der Waals surface area contributed by atoms with Crippen molar-refractivity contribution < 1.29 is 17.9 Å². The summed E-state index contributed by atoms with van der Waals surface area (Å²) in [7, 11) is 0. The summed E-state index contributed by atoms with van der Waals surface area (Å²) in [5.74, 6) is 0.973. The van der Waals surface area contributed by atoms with Gasteiger partial charge in [-0.15, -0.1) is 0 Å². The summed E-state index contributed by atoms with van der Waals surface area (Å²) in [6.07, 6.45) is -4.33. The molecule has 0 radical (unpaired) electrons. The van der Waals surface area contributed by atoms with E-state index >= 15 is 0 Å². The van der Waals surface area contributed by atoms with Crippen LogP contribution in [0.1, 0.15) is 11.1 Å². The molecular weight excluding hydrogens is 406 g/mol. The van der Waals surface area contributed by atoms with E-state index in [0.29, 0.717) is 11.5 Å². The number of rotatable bonds is 6. The molecule has 2 nitrogen and oxygen atoms in total. The third kappa shape index (κ3) is 5.17. The maximum Gasteiger partial charge on any atom is 0.416 e. The molecule has 0 saturated heterocycles. The second-order valence-corrected chi connectivity index (χ2v) is 5.71. The Hall–Kier alpha value is -1.28. The van der Waals surface area contributed by atoms with Crippen molar-refractivity contribution in [2.75, 3.05) is 11.0 Å². The number of nitrogens with one attached hydrogen (secondary N) is 1. The van der Waals surface area contributed by atoms with Crippen molar-refractivity contribution in [2.24, 2.45) is 0 Å². The SMILES string of the molecule is FC(F)(F)c1ccc(Oc2ccc(CNCCI)cc2)cc1. The molecule has 2 aromatic rings. The topological polar surface area (TPSA) is 21.3 Å². The molecule has 0 heterocycles. The molecule has 2 rings (SSSR count). The highest BCUT2D eigenvalue weighted by Crippen LogP contribution is 2.31. The molecule has 1 N–H and O–H groups in total. The number of halogens is 4. The van der Waals surface area contributed by atoms with Crippen molar-refractivity contribution in [2.45, 2.75) is 12.7 Å². The van der Waals surface area contributed by atoms with Gasteiger partial charge in [0.15, 0.2) is 0 Å². The van der Waals surface area contributed by atoms with Gasteiger partial charge in [-0.3, -0.25) is 0 Å². The van der Waals surface area contributed by atoms with Gasteiger partial charge in [0.1, 0.15) is 11.5 Å². The lowest BCUT2D eigenvalue weighted by molar-refractivity contribution is -0.137. The number of ether oxygens (including phenoxy) is 1. The summed E-state index contributed by atoms with van der Waals surface area (Å²) in [4.78, 5) is 0. The Kier molecular flexibility index (Phi) is 6.07. The first kappa shape index (κ1) is 17.1. The van der Waals surface area contributed by atoms with Crippen molar-refractivity contribution in [1.82, 2.24) is 5.32 Å². The lowest BCUT2D eigenvalue weighted by Gasteiger charge is -2.09. The summed E-state index contributed by atoms with van der Waals surface area (Å²) in [6, 6.07) is 12.1. The fourth-order valence-electron chi connectivity index (χ4n) is 1.82. The van der Waals surface area contributed by atoms with E-state index in [2.05, 4.69) is 27.9 Å². The van der Waals surface area contributed by atoms with E-state index in [9.17, 15) is 13.2 Å². The monoisotopic (exact) mass is 421 g/mol. The van der Waals surface area contributed by atoms with Crippen LogP contribution in [0.5, 0.6) is 11.5 Å². The third-order valence-corrected chi connectivity index (χ3v) is 3.48. The van der Waals surface area contributed by atoms with E-state index in [1.807, 2.05) is 12.1 Å². The van der Waals surface area contributed by atoms with Crippen LogP contribution < -0.4 is 10.1 Å². The molecule has 0 unspecified atom stereocenters. The van der Waals surface area contributed by atoms with Crippen LogP contribution in [-0.2, 0) is 12.7 Å². The zero-order valence-corrected chi connectivity index (χ0v) is 13.8. The number of benzene rings is 2. The normalized spacial score (nSPS) is 11.5. The van der Waals surface area contributed by atoms with Crippen molar-refractivity contribution in [3.63, 3.8) is 0 Å². The Balaban J connectivity index is 1.96. The van der Waals surface area contributed by atoms with Gasteiger partial charge in [-0.1, -0.05) is 34.7 Å². The van der Waals surface area contributed by atoms with Gasteiger partial charge in [0.05, 0.1) is 5.56 Å². The van der Waals surface area contributed by atoms with Crippen LogP contribution >= 0.6 is 22.6 Å². The summed E-state index contributed by atoms with van der Waals surface area (Å²) >= 11 is 2.30. The smallest absolute Gasteiger partial charge is 0.416 e. The predicted molar refractivity (Wildman–Crippen MR) is 88.6 cm³/mol. The van der Waals surface area contributed by atoms with Crippen LogP contribution in [0.15, 0.2) is 48.5 Å². The molecule has 0 atom stereocenters. The van der Waals surface area contributed by atoms with Crippen molar-refractivity contribution in [1.29, 1.82) is 0 Å².